The monoisotopic (exact) mass is 374 g/mol. The van der Waals surface area contributed by atoms with E-state index in [1.807, 2.05) is 29.2 Å². The molecule has 1 aromatic carbocycles. The van der Waals surface area contributed by atoms with Crippen LogP contribution in [0.15, 0.2) is 24.3 Å². The number of hydrogen-bond acceptors (Lipinski definition) is 4. The Balaban J connectivity index is 1.44. The Morgan fingerprint density at radius 1 is 1.22 bits per heavy atom. The van der Waals surface area contributed by atoms with E-state index in [1.54, 1.807) is 7.11 Å². The third kappa shape index (κ3) is 5.84. The molecule has 2 fully saturated rings. The highest BCUT2D eigenvalue weighted by Gasteiger charge is 2.32. The lowest BCUT2D eigenvalue weighted by Crippen LogP contribution is -2.49. The standard InChI is InChI=1S/C21H34N4O2/c1-17(24-14-12-23(2)13-15-24)10-11-22-21(26)25(19-6-7-19)16-18-4-8-20(27-3)9-5-18/h4-5,8-9,17,19H,6-7,10-16H2,1-3H3,(H,22,26). The van der Waals surface area contributed by atoms with Gasteiger partial charge in [0.1, 0.15) is 5.75 Å². The summed E-state index contributed by atoms with van der Waals surface area (Å²) in [6, 6.07) is 8.95. The summed E-state index contributed by atoms with van der Waals surface area (Å²) < 4.78 is 5.21. The fourth-order valence-electron chi connectivity index (χ4n) is 3.62. The van der Waals surface area contributed by atoms with Crippen molar-refractivity contribution >= 4 is 6.03 Å². The average Bonchev–Trinajstić information content (AvgIpc) is 3.52. The van der Waals surface area contributed by atoms with Gasteiger partial charge in [-0.2, -0.15) is 0 Å². The van der Waals surface area contributed by atoms with E-state index in [-0.39, 0.29) is 6.03 Å². The summed E-state index contributed by atoms with van der Waals surface area (Å²) in [7, 11) is 3.85. The minimum absolute atomic E-state index is 0.0684. The minimum Gasteiger partial charge on any atom is -0.497 e. The van der Waals surface area contributed by atoms with E-state index in [4.69, 9.17) is 4.74 Å². The van der Waals surface area contributed by atoms with Crippen LogP contribution in [-0.4, -0.2) is 79.7 Å². The quantitative estimate of drug-likeness (QED) is 0.759. The highest BCUT2D eigenvalue weighted by atomic mass is 16.5. The fraction of sp³-hybridized carbons (Fsp3) is 0.667. The van der Waals surface area contributed by atoms with Crippen molar-refractivity contribution in [2.75, 3.05) is 46.9 Å². The van der Waals surface area contributed by atoms with E-state index in [9.17, 15) is 4.79 Å². The van der Waals surface area contributed by atoms with Crippen molar-refractivity contribution in [1.29, 1.82) is 0 Å². The number of hydrogen-bond donors (Lipinski definition) is 1. The molecule has 1 aromatic rings. The van der Waals surface area contributed by atoms with Crippen LogP contribution in [0.1, 0.15) is 31.7 Å². The Morgan fingerprint density at radius 2 is 1.89 bits per heavy atom. The number of carbonyl (C=O) groups is 1. The van der Waals surface area contributed by atoms with Crippen LogP contribution >= 0.6 is 0 Å². The molecule has 1 aliphatic heterocycles. The molecule has 0 spiro atoms. The minimum atomic E-state index is 0.0684. The molecule has 0 bridgehead atoms. The number of nitrogens with one attached hydrogen (secondary N) is 1. The van der Waals surface area contributed by atoms with Crippen LogP contribution < -0.4 is 10.1 Å². The van der Waals surface area contributed by atoms with E-state index in [2.05, 4.69) is 29.1 Å². The van der Waals surface area contributed by atoms with Crippen molar-refractivity contribution in [1.82, 2.24) is 20.0 Å². The number of carbonyl (C=O) groups excluding carboxylic acids is 1. The van der Waals surface area contributed by atoms with Crippen LogP contribution in [0.4, 0.5) is 4.79 Å². The number of likely N-dealkylation sites (N-methyl/N-ethyl adjacent to an activating group) is 1. The zero-order valence-corrected chi connectivity index (χ0v) is 17.0. The maximum absolute atomic E-state index is 12.7. The molecular formula is C21H34N4O2. The molecule has 0 radical (unpaired) electrons. The second kappa shape index (κ2) is 9.42. The topological polar surface area (TPSA) is 48.1 Å². The molecule has 1 saturated heterocycles. The van der Waals surface area contributed by atoms with Gasteiger partial charge in [0.2, 0.25) is 0 Å². The number of rotatable bonds is 8. The second-order valence-electron chi connectivity index (χ2n) is 7.92. The first kappa shape index (κ1) is 20.0. The van der Waals surface area contributed by atoms with Gasteiger partial charge in [-0.25, -0.2) is 4.79 Å². The number of ether oxygens (including phenoxy) is 1. The summed E-state index contributed by atoms with van der Waals surface area (Å²) in [6.45, 7) is 8.18. The molecule has 1 unspecified atom stereocenters. The molecular weight excluding hydrogens is 340 g/mol. The molecule has 2 amide bonds. The van der Waals surface area contributed by atoms with Gasteiger partial charge in [0.25, 0.3) is 0 Å². The smallest absolute Gasteiger partial charge is 0.317 e. The number of amides is 2. The van der Waals surface area contributed by atoms with Crippen LogP contribution in [0.5, 0.6) is 5.75 Å². The van der Waals surface area contributed by atoms with E-state index >= 15 is 0 Å². The van der Waals surface area contributed by atoms with Crippen LogP contribution in [-0.2, 0) is 6.54 Å². The lowest BCUT2D eigenvalue weighted by molar-refractivity contribution is 0.114. The fourth-order valence-corrected chi connectivity index (χ4v) is 3.62. The SMILES string of the molecule is COc1ccc(CN(C(=O)NCCC(C)N2CCN(C)CC2)C2CC2)cc1. The Morgan fingerprint density at radius 3 is 2.48 bits per heavy atom. The van der Waals surface area contributed by atoms with E-state index in [1.165, 1.54) is 0 Å². The number of nitrogens with zero attached hydrogens (tertiary/aromatic N) is 3. The van der Waals surface area contributed by atoms with Crippen LogP contribution in [0.25, 0.3) is 0 Å². The third-order valence-corrected chi connectivity index (χ3v) is 5.76. The molecule has 6 heteroatoms. The predicted octanol–water partition coefficient (Wildman–Crippen LogP) is 2.40. The zero-order valence-electron chi connectivity index (χ0n) is 17.0. The van der Waals surface area contributed by atoms with Crippen molar-refractivity contribution in [3.63, 3.8) is 0 Å². The summed E-state index contributed by atoms with van der Waals surface area (Å²) in [5.41, 5.74) is 1.14. The van der Waals surface area contributed by atoms with Crippen LogP contribution in [0.2, 0.25) is 0 Å². The van der Waals surface area contributed by atoms with E-state index in [0.29, 0.717) is 18.6 Å². The Labute approximate surface area is 163 Å². The average molecular weight is 375 g/mol. The number of piperazine rings is 1. The first-order valence-electron chi connectivity index (χ1n) is 10.2. The van der Waals surface area contributed by atoms with Gasteiger partial charge in [-0.3, -0.25) is 4.90 Å². The van der Waals surface area contributed by atoms with Gasteiger partial charge >= 0.3 is 6.03 Å². The van der Waals surface area contributed by atoms with Gasteiger partial charge in [0.05, 0.1) is 7.11 Å². The van der Waals surface area contributed by atoms with E-state index in [0.717, 1.165) is 63.3 Å². The maximum atomic E-state index is 12.7. The van der Waals surface area contributed by atoms with Crippen molar-refractivity contribution in [3.8, 4) is 5.75 Å². The number of urea groups is 1. The lowest BCUT2D eigenvalue weighted by Gasteiger charge is -2.36. The predicted molar refractivity (Wildman–Crippen MR) is 108 cm³/mol. The highest BCUT2D eigenvalue weighted by molar-refractivity contribution is 5.74. The van der Waals surface area contributed by atoms with Crippen LogP contribution in [0.3, 0.4) is 0 Å². The molecule has 2 aliphatic rings. The molecule has 1 aliphatic carbocycles. The number of benzene rings is 1. The summed E-state index contributed by atoms with van der Waals surface area (Å²) in [4.78, 5) is 19.6. The summed E-state index contributed by atoms with van der Waals surface area (Å²) >= 11 is 0. The van der Waals surface area contributed by atoms with Gasteiger partial charge in [0.15, 0.2) is 0 Å². The van der Waals surface area contributed by atoms with Gasteiger partial charge in [0, 0.05) is 51.4 Å². The lowest BCUT2D eigenvalue weighted by atomic mass is 10.1. The summed E-state index contributed by atoms with van der Waals surface area (Å²) in [6.07, 6.45) is 3.22. The largest absolute Gasteiger partial charge is 0.497 e. The van der Waals surface area contributed by atoms with Crippen molar-refractivity contribution in [2.24, 2.45) is 0 Å². The summed E-state index contributed by atoms with van der Waals surface area (Å²) in [5.74, 6) is 0.846. The molecule has 1 saturated carbocycles. The second-order valence-corrected chi connectivity index (χ2v) is 7.92. The van der Waals surface area contributed by atoms with Crippen molar-refractivity contribution in [3.05, 3.63) is 29.8 Å². The first-order chi connectivity index (χ1) is 13.1. The molecule has 150 valence electrons. The van der Waals surface area contributed by atoms with Gasteiger partial charge in [-0.05, 0) is 50.9 Å². The Kier molecular flexibility index (Phi) is 6.96. The first-order valence-corrected chi connectivity index (χ1v) is 10.2. The molecule has 6 nitrogen and oxygen atoms in total. The molecule has 1 N–H and O–H groups in total. The number of methoxy groups -OCH3 is 1. The summed E-state index contributed by atoms with van der Waals surface area (Å²) in [5, 5.41) is 3.15. The third-order valence-electron chi connectivity index (χ3n) is 5.76. The molecule has 27 heavy (non-hydrogen) atoms. The van der Waals surface area contributed by atoms with Gasteiger partial charge in [-0.15, -0.1) is 0 Å². The van der Waals surface area contributed by atoms with Crippen LogP contribution in [0, 0.1) is 0 Å². The zero-order chi connectivity index (χ0) is 19.2. The molecule has 3 rings (SSSR count). The Bertz CT molecular complexity index is 595. The maximum Gasteiger partial charge on any atom is 0.317 e. The highest BCUT2D eigenvalue weighted by Crippen LogP contribution is 2.28. The molecule has 0 aromatic heterocycles. The molecule has 1 heterocycles. The Hall–Kier alpha value is -1.79. The van der Waals surface area contributed by atoms with Gasteiger partial charge < -0.3 is 19.9 Å². The van der Waals surface area contributed by atoms with Gasteiger partial charge in [-0.1, -0.05) is 12.1 Å². The molecule has 1 atom stereocenters. The van der Waals surface area contributed by atoms with E-state index < -0.39 is 0 Å². The van der Waals surface area contributed by atoms with Crippen molar-refractivity contribution in [2.45, 2.75) is 44.8 Å². The normalized spacial score (nSPS) is 19.5. The van der Waals surface area contributed by atoms with Crippen molar-refractivity contribution < 1.29 is 9.53 Å².